The first-order valence-corrected chi connectivity index (χ1v) is 6.91. The Bertz CT molecular complexity index is 451. The number of nitrogens with two attached hydrogens (primary N) is 1. The monoisotopic (exact) mass is 261 g/mol. The predicted molar refractivity (Wildman–Crippen MR) is 77.3 cm³/mol. The first-order valence-electron chi connectivity index (χ1n) is 6.91. The highest BCUT2D eigenvalue weighted by atomic mass is 16.2. The normalized spacial score (nSPS) is 16.7. The van der Waals surface area contributed by atoms with Crippen molar-refractivity contribution in [3.05, 3.63) is 34.9 Å². The molecule has 19 heavy (non-hydrogen) atoms. The van der Waals surface area contributed by atoms with E-state index in [1.807, 2.05) is 36.9 Å². The third kappa shape index (κ3) is 3.33. The lowest BCUT2D eigenvalue weighted by Crippen LogP contribution is -2.49. The summed E-state index contributed by atoms with van der Waals surface area (Å²) in [4.78, 5) is 16.8. The third-order valence-corrected chi connectivity index (χ3v) is 3.73. The van der Waals surface area contributed by atoms with Crippen molar-refractivity contribution in [1.82, 2.24) is 9.80 Å². The number of rotatable bonds is 3. The zero-order chi connectivity index (χ0) is 13.8. The summed E-state index contributed by atoms with van der Waals surface area (Å²) in [5.74, 6) is 0.161. The second-order valence-corrected chi connectivity index (χ2v) is 5.24. The Kier molecular flexibility index (Phi) is 4.56. The molecule has 2 N–H and O–H groups in total. The molecule has 0 radical (unpaired) electrons. The van der Waals surface area contributed by atoms with E-state index in [-0.39, 0.29) is 5.91 Å². The Morgan fingerprint density at radius 1 is 1.21 bits per heavy atom. The molecule has 1 fully saturated rings. The largest absolute Gasteiger partial charge is 0.336 e. The first kappa shape index (κ1) is 14.0. The molecule has 2 rings (SSSR count). The summed E-state index contributed by atoms with van der Waals surface area (Å²) in [5.41, 5.74) is 8.59. The molecule has 1 aliphatic heterocycles. The predicted octanol–water partition coefficient (Wildman–Crippen LogP) is 1.02. The summed E-state index contributed by atoms with van der Waals surface area (Å²) in [6.07, 6.45) is 0. The molecule has 1 aromatic rings. The molecule has 0 saturated carbocycles. The van der Waals surface area contributed by atoms with Gasteiger partial charge in [-0.3, -0.25) is 9.69 Å². The van der Waals surface area contributed by atoms with Gasteiger partial charge < -0.3 is 10.6 Å². The molecule has 1 saturated heterocycles. The van der Waals surface area contributed by atoms with Crippen molar-refractivity contribution in [2.45, 2.75) is 13.8 Å². The average Bonchev–Trinajstić information content (AvgIpc) is 2.42. The van der Waals surface area contributed by atoms with Crippen LogP contribution in [0.5, 0.6) is 0 Å². The fourth-order valence-electron chi connectivity index (χ4n) is 2.49. The van der Waals surface area contributed by atoms with E-state index < -0.39 is 0 Å². The second kappa shape index (κ2) is 6.17. The summed E-state index contributed by atoms with van der Waals surface area (Å²) in [7, 11) is 0. The van der Waals surface area contributed by atoms with E-state index in [1.54, 1.807) is 0 Å². The van der Waals surface area contributed by atoms with Crippen molar-refractivity contribution in [2.75, 3.05) is 39.3 Å². The van der Waals surface area contributed by atoms with Gasteiger partial charge in [0, 0.05) is 44.8 Å². The van der Waals surface area contributed by atoms with Gasteiger partial charge in [-0.15, -0.1) is 0 Å². The molecule has 4 heteroatoms. The summed E-state index contributed by atoms with van der Waals surface area (Å²) < 4.78 is 0. The van der Waals surface area contributed by atoms with Crippen molar-refractivity contribution >= 4 is 5.91 Å². The SMILES string of the molecule is Cc1ccc(C)c(C(=O)N2CCN(CCN)CC2)c1. The number of hydrogen-bond acceptors (Lipinski definition) is 3. The van der Waals surface area contributed by atoms with Crippen LogP contribution < -0.4 is 5.73 Å². The van der Waals surface area contributed by atoms with E-state index in [0.29, 0.717) is 6.54 Å². The van der Waals surface area contributed by atoms with Gasteiger partial charge in [0.2, 0.25) is 0 Å². The Balaban J connectivity index is 2.03. The number of carbonyl (C=O) groups excluding carboxylic acids is 1. The van der Waals surface area contributed by atoms with Gasteiger partial charge in [-0.1, -0.05) is 17.7 Å². The van der Waals surface area contributed by atoms with Crippen LogP contribution in [0.2, 0.25) is 0 Å². The van der Waals surface area contributed by atoms with Crippen LogP contribution in [-0.2, 0) is 0 Å². The quantitative estimate of drug-likeness (QED) is 0.884. The van der Waals surface area contributed by atoms with Crippen molar-refractivity contribution in [2.24, 2.45) is 5.73 Å². The molecule has 1 amide bonds. The van der Waals surface area contributed by atoms with E-state index in [0.717, 1.165) is 49.4 Å². The summed E-state index contributed by atoms with van der Waals surface area (Å²) in [5, 5.41) is 0. The van der Waals surface area contributed by atoms with Crippen molar-refractivity contribution in [3.63, 3.8) is 0 Å². The number of aryl methyl sites for hydroxylation is 2. The Morgan fingerprint density at radius 2 is 1.89 bits per heavy atom. The molecule has 0 aromatic heterocycles. The van der Waals surface area contributed by atoms with Crippen LogP contribution in [0.4, 0.5) is 0 Å². The molecule has 0 atom stereocenters. The highest BCUT2D eigenvalue weighted by Gasteiger charge is 2.22. The van der Waals surface area contributed by atoms with E-state index >= 15 is 0 Å². The highest BCUT2D eigenvalue weighted by molar-refractivity contribution is 5.95. The lowest BCUT2D eigenvalue weighted by atomic mass is 10.0. The van der Waals surface area contributed by atoms with Crippen LogP contribution >= 0.6 is 0 Å². The van der Waals surface area contributed by atoms with E-state index in [2.05, 4.69) is 4.90 Å². The molecule has 4 nitrogen and oxygen atoms in total. The van der Waals surface area contributed by atoms with Gasteiger partial charge in [-0.2, -0.15) is 0 Å². The standard InChI is InChI=1S/C15H23N3O/c1-12-3-4-13(2)14(11-12)15(19)18-9-7-17(6-5-16)8-10-18/h3-4,11H,5-10,16H2,1-2H3. The Morgan fingerprint density at radius 3 is 2.53 bits per heavy atom. The maximum Gasteiger partial charge on any atom is 0.254 e. The number of benzene rings is 1. The second-order valence-electron chi connectivity index (χ2n) is 5.24. The van der Waals surface area contributed by atoms with Crippen LogP contribution in [0.15, 0.2) is 18.2 Å². The van der Waals surface area contributed by atoms with Crippen LogP contribution in [0.1, 0.15) is 21.5 Å². The van der Waals surface area contributed by atoms with Gasteiger partial charge in [-0.25, -0.2) is 0 Å². The third-order valence-electron chi connectivity index (χ3n) is 3.73. The molecule has 1 aromatic carbocycles. The maximum atomic E-state index is 12.5. The first-order chi connectivity index (χ1) is 9.11. The molecule has 104 valence electrons. The van der Waals surface area contributed by atoms with Crippen molar-refractivity contribution in [3.8, 4) is 0 Å². The smallest absolute Gasteiger partial charge is 0.254 e. The number of carbonyl (C=O) groups is 1. The van der Waals surface area contributed by atoms with Crippen LogP contribution in [0.25, 0.3) is 0 Å². The molecule has 0 spiro atoms. The minimum absolute atomic E-state index is 0.161. The molecular weight excluding hydrogens is 238 g/mol. The van der Waals surface area contributed by atoms with Crippen molar-refractivity contribution < 1.29 is 4.79 Å². The van der Waals surface area contributed by atoms with E-state index in [9.17, 15) is 4.79 Å². The molecule has 1 heterocycles. The summed E-state index contributed by atoms with van der Waals surface area (Å²) in [6.45, 7) is 9.07. The fourth-order valence-corrected chi connectivity index (χ4v) is 2.49. The maximum absolute atomic E-state index is 12.5. The van der Waals surface area contributed by atoms with Crippen molar-refractivity contribution in [1.29, 1.82) is 0 Å². The van der Waals surface area contributed by atoms with Gasteiger partial charge >= 0.3 is 0 Å². The summed E-state index contributed by atoms with van der Waals surface area (Å²) >= 11 is 0. The Hall–Kier alpha value is -1.39. The number of nitrogens with zero attached hydrogens (tertiary/aromatic N) is 2. The van der Waals surface area contributed by atoms with Crippen LogP contribution in [0, 0.1) is 13.8 Å². The van der Waals surface area contributed by atoms with Gasteiger partial charge in [0.05, 0.1) is 0 Å². The number of hydrogen-bond donors (Lipinski definition) is 1. The van der Waals surface area contributed by atoms with Gasteiger partial charge in [0.15, 0.2) is 0 Å². The van der Waals surface area contributed by atoms with Gasteiger partial charge in [0.25, 0.3) is 5.91 Å². The lowest BCUT2D eigenvalue weighted by Gasteiger charge is -2.34. The molecular formula is C15H23N3O. The van der Waals surface area contributed by atoms with Gasteiger partial charge in [0.1, 0.15) is 0 Å². The number of amides is 1. The molecule has 0 bridgehead atoms. The zero-order valence-electron chi connectivity index (χ0n) is 11.9. The highest BCUT2D eigenvalue weighted by Crippen LogP contribution is 2.14. The number of piperazine rings is 1. The minimum atomic E-state index is 0.161. The van der Waals surface area contributed by atoms with E-state index in [1.165, 1.54) is 0 Å². The van der Waals surface area contributed by atoms with Gasteiger partial charge in [-0.05, 0) is 25.5 Å². The average molecular weight is 261 g/mol. The Labute approximate surface area is 115 Å². The van der Waals surface area contributed by atoms with Crippen LogP contribution in [0.3, 0.4) is 0 Å². The molecule has 0 unspecified atom stereocenters. The minimum Gasteiger partial charge on any atom is -0.336 e. The zero-order valence-corrected chi connectivity index (χ0v) is 11.9. The molecule has 1 aliphatic rings. The topological polar surface area (TPSA) is 49.6 Å². The summed E-state index contributed by atoms with van der Waals surface area (Å²) in [6, 6.07) is 6.06. The molecule has 0 aliphatic carbocycles. The fraction of sp³-hybridized carbons (Fsp3) is 0.533. The lowest BCUT2D eigenvalue weighted by molar-refractivity contribution is 0.0640. The van der Waals surface area contributed by atoms with E-state index in [4.69, 9.17) is 5.73 Å². The van der Waals surface area contributed by atoms with Crippen LogP contribution in [-0.4, -0.2) is 55.0 Å².